The van der Waals surface area contributed by atoms with Gasteiger partial charge < -0.3 is 25.2 Å². The van der Waals surface area contributed by atoms with Gasteiger partial charge in [-0.25, -0.2) is 4.79 Å². The third-order valence-corrected chi connectivity index (χ3v) is 3.71. The van der Waals surface area contributed by atoms with Crippen LogP contribution in [0.25, 0.3) is 0 Å². The Balaban J connectivity index is 1.75. The molecule has 134 valence electrons. The summed E-state index contributed by atoms with van der Waals surface area (Å²) >= 11 is 0. The van der Waals surface area contributed by atoms with E-state index in [0.717, 1.165) is 11.1 Å². The Bertz CT molecular complexity index is 676. The number of benzene rings is 2. The van der Waals surface area contributed by atoms with E-state index in [0.29, 0.717) is 24.5 Å². The van der Waals surface area contributed by atoms with Crippen LogP contribution in [0.2, 0.25) is 0 Å². The van der Waals surface area contributed by atoms with Gasteiger partial charge in [0.1, 0.15) is 0 Å². The van der Waals surface area contributed by atoms with Crippen LogP contribution in [0, 0.1) is 0 Å². The number of rotatable bonds is 8. The summed E-state index contributed by atoms with van der Waals surface area (Å²) in [7, 11) is 3.14. The van der Waals surface area contributed by atoms with Crippen LogP contribution >= 0.6 is 0 Å². The van der Waals surface area contributed by atoms with Crippen LogP contribution in [0.3, 0.4) is 0 Å². The second kappa shape index (κ2) is 9.54. The first-order chi connectivity index (χ1) is 12.1. The molecule has 25 heavy (non-hydrogen) atoms. The van der Waals surface area contributed by atoms with Gasteiger partial charge in [0, 0.05) is 19.5 Å². The molecule has 0 spiro atoms. The van der Waals surface area contributed by atoms with Gasteiger partial charge in [-0.2, -0.15) is 0 Å². The topological polar surface area (TPSA) is 79.8 Å². The van der Waals surface area contributed by atoms with Gasteiger partial charge in [0.2, 0.25) is 0 Å². The summed E-state index contributed by atoms with van der Waals surface area (Å²) in [5, 5.41) is 15.4. The molecule has 0 heterocycles. The van der Waals surface area contributed by atoms with Crippen LogP contribution in [-0.2, 0) is 13.0 Å². The summed E-state index contributed by atoms with van der Waals surface area (Å²) in [6, 6.07) is 14.8. The lowest BCUT2D eigenvalue weighted by atomic mass is 10.1. The number of hydrogen-bond acceptors (Lipinski definition) is 4. The van der Waals surface area contributed by atoms with E-state index in [-0.39, 0.29) is 12.6 Å². The quantitative estimate of drug-likeness (QED) is 0.685. The van der Waals surface area contributed by atoms with Gasteiger partial charge >= 0.3 is 6.03 Å². The Morgan fingerprint density at radius 1 is 1.00 bits per heavy atom. The minimum atomic E-state index is -0.630. The predicted molar refractivity (Wildman–Crippen MR) is 95.9 cm³/mol. The number of carbonyl (C=O) groups is 1. The maximum atomic E-state index is 11.9. The molecule has 1 unspecified atom stereocenters. The molecule has 1 atom stereocenters. The molecule has 0 saturated carbocycles. The second-order valence-corrected chi connectivity index (χ2v) is 5.60. The molecule has 0 aliphatic rings. The van der Waals surface area contributed by atoms with Crippen LogP contribution < -0.4 is 20.1 Å². The molecule has 0 saturated heterocycles. The number of carbonyl (C=O) groups excluding carboxylic acids is 1. The van der Waals surface area contributed by atoms with Crippen molar-refractivity contribution in [2.24, 2.45) is 0 Å². The molecular formula is C19H24N2O4. The SMILES string of the molecule is COc1ccc(CNC(=O)NCC(O)Cc2ccccc2)cc1OC. The molecule has 3 N–H and O–H groups in total. The molecule has 0 radical (unpaired) electrons. The highest BCUT2D eigenvalue weighted by atomic mass is 16.5. The van der Waals surface area contributed by atoms with Crippen LogP contribution in [0.15, 0.2) is 48.5 Å². The number of nitrogens with one attached hydrogen (secondary N) is 2. The first-order valence-electron chi connectivity index (χ1n) is 8.07. The van der Waals surface area contributed by atoms with Crippen molar-refractivity contribution in [3.05, 3.63) is 59.7 Å². The Morgan fingerprint density at radius 3 is 2.40 bits per heavy atom. The van der Waals surface area contributed by atoms with Crippen molar-refractivity contribution < 1.29 is 19.4 Å². The van der Waals surface area contributed by atoms with E-state index in [1.54, 1.807) is 20.3 Å². The van der Waals surface area contributed by atoms with E-state index in [9.17, 15) is 9.90 Å². The summed E-state index contributed by atoms with van der Waals surface area (Å²) in [5.41, 5.74) is 1.92. The summed E-state index contributed by atoms with van der Waals surface area (Å²) < 4.78 is 10.4. The van der Waals surface area contributed by atoms with E-state index >= 15 is 0 Å². The molecule has 0 aromatic heterocycles. The van der Waals surface area contributed by atoms with Crippen LogP contribution in [-0.4, -0.2) is 38.0 Å². The van der Waals surface area contributed by atoms with Gasteiger partial charge in [0.25, 0.3) is 0 Å². The van der Waals surface area contributed by atoms with Gasteiger partial charge in [0.15, 0.2) is 11.5 Å². The van der Waals surface area contributed by atoms with Crippen LogP contribution in [0.1, 0.15) is 11.1 Å². The zero-order valence-corrected chi connectivity index (χ0v) is 14.5. The Morgan fingerprint density at radius 2 is 1.72 bits per heavy atom. The average Bonchev–Trinajstić information content (AvgIpc) is 2.65. The van der Waals surface area contributed by atoms with Crippen molar-refractivity contribution in [2.45, 2.75) is 19.1 Å². The molecule has 2 aromatic carbocycles. The minimum Gasteiger partial charge on any atom is -0.493 e. The summed E-state index contributed by atoms with van der Waals surface area (Å²) in [5.74, 6) is 1.25. The largest absolute Gasteiger partial charge is 0.493 e. The molecule has 0 aliphatic heterocycles. The van der Waals surface area contributed by atoms with E-state index in [2.05, 4.69) is 10.6 Å². The molecule has 0 bridgehead atoms. The van der Waals surface area contributed by atoms with Crippen molar-refractivity contribution >= 4 is 6.03 Å². The molecular weight excluding hydrogens is 320 g/mol. The van der Waals surface area contributed by atoms with Gasteiger partial charge in [-0.3, -0.25) is 0 Å². The van der Waals surface area contributed by atoms with Gasteiger partial charge in [-0.1, -0.05) is 36.4 Å². The van der Waals surface area contributed by atoms with Crippen molar-refractivity contribution in [1.29, 1.82) is 0 Å². The van der Waals surface area contributed by atoms with E-state index in [1.165, 1.54) is 0 Å². The summed E-state index contributed by atoms with van der Waals surface area (Å²) in [6.07, 6.45) is -0.134. The Labute approximate surface area is 147 Å². The maximum Gasteiger partial charge on any atom is 0.315 e. The van der Waals surface area contributed by atoms with Crippen molar-refractivity contribution in [3.8, 4) is 11.5 Å². The monoisotopic (exact) mass is 344 g/mol. The molecule has 2 aromatic rings. The third kappa shape index (κ3) is 6.00. The number of amides is 2. The van der Waals surface area contributed by atoms with Gasteiger partial charge in [-0.05, 0) is 23.3 Å². The highest BCUT2D eigenvalue weighted by Crippen LogP contribution is 2.27. The standard InChI is InChI=1S/C19H24N2O4/c1-24-17-9-8-15(11-18(17)25-2)12-20-19(23)21-13-16(22)10-14-6-4-3-5-7-14/h3-9,11,16,22H,10,12-13H2,1-2H3,(H2,20,21,23). The number of ether oxygens (including phenoxy) is 2. The minimum absolute atomic E-state index is 0.187. The summed E-state index contributed by atoms with van der Waals surface area (Å²) in [4.78, 5) is 11.9. The molecule has 6 nitrogen and oxygen atoms in total. The van der Waals surface area contributed by atoms with Gasteiger partial charge in [-0.15, -0.1) is 0 Å². The first-order valence-corrected chi connectivity index (χ1v) is 8.07. The van der Waals surface area contributed by atoms with Crippen molar-refractivity contribution in [1.82, 2.24) is 10.6 Å². The fourth-order valence-electron chi connectivity index (χ4n) is 2.40. The molecule has 6 heteroatoms. The number of hydrogen-bond donors (Lipinski definition) is 3. The Kier molecular flexibility index (Phi) is 7.10. The molecule has 2 rings (SSSR count). The number of aliphatic hydroxyl groups is 1. The van der Waals surface area contributed by atoms with E-state index in [4.69, 9.17) is 9.47 Å². The van der Waals surface area contributed by atoms with Gasteiger partial charge in [0.05, 0.1) is 20.3 Å². The maximum absolute atomic E-state index is 11.9. The fourth-order valence-corrected chi connectivity index (χ4v) is 2.40. The third-order valence-electron chi connectivity index (χ3n) is 3.71. The predicted octanol–water partition coefficient (Wildman–Crippen LogP) is 2.11. The van der Waals surface area contributed by atoms with E-state index in [1.807, 2.05) is 42.5 Å². The highest BCUT2D eigenvalue weighted by molar-refractivity contribution is 5.73. The molecule has 0 fully saturated rings. The van der Waals surface area contributed by atoms with Crippen LogP contribution in [0.4, 0.5) is 4.79 Å². The Hall–Kier alpha value is -2.73. The fraction of sp³-hybridized carbons (Fsp3) is 0.316. The van der Waals surface area contributed by atoms with E-state index < -0.39 is 6.10 Å². The lowest BCUT2D eigenvalue weighted by Crippen LogP contribution is -2.39. The van der Waals surface area contributed by atoms with Crippen molar-refractivity contribution in [3.63, 3.8) is 0 Å². The molecule has 0 aliphatic carbocycles. The number of aliphatic hydroxyl groups excluding tert-OH is 1. The number of urea groups is 1. The zero-order chi connectivity index (χ0) is 18.1. The lowest BCUT2D eigenvalue weighted by molar-refractivity contribution is 0.170. The highest BCUT2D eigenvalue weighted by Gasteiger charge is 2.09. The number of methoxy groups -OCH3 is 2. The average molecular weight is 344 g/mol. The normalized spacial score (nSPS) is 11.5. The zero-order valence-electron chi connectivity index (χ0n) is 14.5. The van der Waals surface area contributed by atoms with Crippen molar-refractivity contribution in [2.75, 3.05) is 20.8 Å². The summed E-state index contributed by atoms with van der Waals surface area (Å²) in [6.45, 7) is 0.535. The lowest BCUT2D eigenvalue weighted by Gasteiger charge is -2.13. The smallest absolute Gasteiger partial charge is 0.315 e. The first kappa shape index (κ1) is 18.6. The van der Waals surface area contributed by atoms with Crippen LogP contribution in [0.5, 0.6) is 11.5 Å². The molecule has 2 amide bonds. The second-order valence-electron chi connectivity index (χ2n) is 5.60.